The van der Waals surface area contributed by atoms with Gasteiger partial charge in [0, 0.05) is 49.7 Å². The molecule has 1 heterocycles. The SMILES string of the molecule is CN(CCc1ccccn1)c1ccc(CN)c(F)c1. The van der Waals surface area contributed by atoms with Gasteiger partial charge in [-0.15, -0.1) is 0 Å². The zero-order valence-electron chi connectivity index (χ0n) is 11.0. The summed E-state index contributed by atoms with van der Waals surface area (Å²) in [5.74, 6) is -0.246. The van der Waals surface area contributed by atoms with Gasteiger partial charge in [-0.05, 0) is 24.3 Å². The van der Waals surface area contributed by atoms with Gasteiger partial charge in [-0.1, -0.05) is 12.1 Å². The number of benzene rings is 1. The Kier molecular flexibility index (Phi) is 4.47. The number of rotatable bonds is 5. The van der Waals surface area contributed by atoms with Crippen molar-refractivity contribution >= 4 is 5.69 Å². The molecule has 19 heavy (non-hydrogen) atoms. The maximum absolute atomic E-state index is 13.7. The van der Waals surface area contributed by atoms with E-state index in [0.29, 0.717) is 5.56 Å². The van der Waals surface area contributed by atoms with E-state index in [1.807, 2.05) is 36.2 Å². The quantitative estimate of drug-likeness (QED) is 0.896. The number of halogens is 1. The van der Waals surface area contributed by atoms with Gasteiger partial charge in [-0.25, -0.2) is 4.39 Å². The van der Waals surface area contributed by atoms with Crippen LogP contribution in [0.5, 0.6) is 0 Å². The van der Waals surface area contributed by atoms with Crippen LogP contribution >= 0.6 is 0 Å². The van der Waals surface area contributed by atoms with Crippen molar-refractivity contribution in [2.24, 2.45) is 5.73 Å². The molecule has 0 bridgehead atoms. The number of hydrogen-bond donors (Lipinski definition) is 1. The van der Waals surface area contributed by atoms with Crippen LogP contribution < -0.4 is 10.6 Å². The van der Waals surface area contributed by atoms with Crippen molar-refractivity contribution in [2.45, 2.75) is 13.0 Å². The largest absolute Gasteiger partial charge is 0.374 e. The lowest BCUT2D eigenvalue weighted by atomic mass is 10.1. The van der Waals surface area contributed by atoms with Crippen LogP contribution in [0.2, 0.25) is 0 Å². The maximum atomic E-state index is 13.7. The minimum atomic E-state index is -0.246. The number of anilines is 1. The van der Waals surface area contributed by atoms with Crippen LogP contribution in [0, 0.1) is 5.82 Å². The standard InChI is InChI=1S/C15H18FN3/c1-19(9-7-13-4-2-3-8-18-13)14-6-5-12(11-17)15(16)10-14/h2-6,8,10H,7,9,11,17H2,1H3. The number of likely N-dealkylation sites (N-methyl/N-ethyl adjacent to an activating group) is 1. The van der Waals surface area contributed by atoms with E-state index in [1.54, 1.807) is 12.3 Å². The molecule has 2 N–H and O–H groups in total. The number of pyridine rings is 1. The lowest BCUT2D eigenvalue weighted by Crippen LogP contribution is -2.21. The molecular weight excluding hydrogens is 241 g/mol. The molecule has 0 aliphatic heterocycles. The molecule has 0 amide bonds. The third-order valence-corrected chi connectivity index (χ3v) is 3.13. The molecule has 4 heteroatoms. The molecule has 0 saturated heterocycles. The van der Waals surface area contributed by atoms with E-state index in [2.05, 4.69) is 4.98 Å². The fourth-order valence-electron chi connectivity index (χ4n) is 1.90. The molecule has 2 rings (SSSR count). The second-order valence-corrected chi connectivity index (χ2v) is 4.47. The van der Waals surface area contributed by atoms with Crippen molar-refractivity contribution < 1.29 is 4.39 Å². The van der Waals surface area contributed by atoms with Crippen molar-refractivity contribution in [1.29, 1.82) is 0 Å². The van der Waals surface area contributed by atoms with E-state index in [-0.39, 0.29) is 12.4 Å². The fraction of sp³-hybridized carbons (Fsp3) is 0.267. The maximum Gasteiger partial charge on any atom is 0.129 e. The number of hydrogen-bond acceptors (Lipinski definition) is 3. The van der Waals surface area contributed by atoms with Crippen molar-refractivity contribution in [1.82, 2.24) is 4.98 Å². The van der Waals surface area contributed by atoms with Crippen molar-refractivity contribution in [3.63, 3.8) is 0 Å². The summed E-state index contributed by atoms with van der Waals surface area (Å²) >= 11 is 0. The molecule has 1 aromatic heterocycles. The van der Waals surface area contributed by atoms with Crippen LogP contribution in [0.4, 0.5) is 10.1 Å². The first-order valence-corrected chi connectivity index (χ1v) is 6.30. The van der Waals surface area contributed by atoms with Gasteiger partial charge >= 0.3 is 0 Å². The predicted octanol–water partition coefficient (Wildman–Crippen LogP) is 2.36. The first-order valence-electron chi connectivity index (χ1n) is 6.30. The van der Waals surface area contributed by atoms with Crippen molar-refractivity contribution in [2.75, 3.05) is 18.5 Å². The van der Waals surface area contributed by atoms with Crippen LogP contribution in [0.15, 0.2) is 42.6 Å². The zero-order valence-corrected chi connectivity index (χ0v) is 11.0. The van der Waals surface area contributed by atoms with Gasteiger partial charge in [0.05, 0.1) is 0 Å². The second-order valence-electron chi connectivity index (χ2n) is 4.47. The van der Waals surface area contributed by atoms with E-state index < -0.39 is 0 Å². The third-order valence-electron chi connectivity index (χ3n) is 3.13. The Bertz CT molecular complexity index is 528. The summed E-state index contributed by atoms with van der Waals surface area (Å²) in [6.07, 6.45) is 2.61. The lowest BCUT2D eigenvalue weighted by molar-refractivity contribution is 0.610. The first kappa shape index (κ1) is 13.5. The van der Waals surface area contributed by atoms with Crippen LogP contribution in [-0.4, -0.2) is 18.6 Å². The Morgan fingerprint density at radius 2 is 2.11 bits per heavy atom. The fourth-order valence-corrected chi connectivity index (χ4v) is 1.90. The molecule has 100 valence electrons. The highest BCUT2D eigenvalue weighted by Gasteiger charge is 2.06. The first-order chi connectivity index (χ1) is 9.20. The highest BCUT2D eigenvalue weighted by Crippen LogP contribution is 2.17. The van der Waals surface area contributed by atoms with E-state index in [0.717, 1.165) is 24.3 Å². The summed E-state index contributed by atoms with van der Waals surface area (Å²) in [6, 6.07) is 11.0. The molecule has 3 nitrogen and oxygen atoms in total. The molecule has 0 spiro atoms. The Hall–Kier alpha value is -1.94. The predicted molar refractivity (Wildman–Crippen MR) is 75.5 cm³/mol. The molecule has 0 fully saturated rings. The van der Waals surface area contributed by atoms with Gasteiger partial charge in [0.25, 0.3) is 0 Å². The summed E-state index contributed by atoms with van der Waals surface area (Å²) in [7, 11) is 1.94. The molecular formula is C15H18FN3. The van der Waals surface area contributed by atoms with Crippen LogP contribution in [0.1, 0.15) is 11.3 Å². The topological polar surface area (TPSA) is 42.2 Å². The van der Waals surface area contributed by atoms with E-state index >= 15 is 0 Å². The summed E-state index contributed by atoms with van der Waals surface area (Å²) in [4.78, 5) is 6.28. The Morgan fingerprint density at radius 3 is 2.74 bits per heavy atom. The Balaban J connectivity index is 2.00. The number of nitrogens with two attached hydrogens (primary N) is 1. The van der Waals surface area contributed by atoms with E-state index in [9.17, 15) is 4.39 Å². The van der Waals surface area contributed by atoms with Crippen molar-refractivity contribution in [3.8, 4) is 0 Å². The average molecular weight is 259 g/mol. The van der Waals surface area contributed by atoms with Gasteiger partial charge in [0.2, 0.25) is 0 Å². The lowest BCUT2D eigenvalue weighted by Gasteiger charge is -2.19. The van der Waals surface area contributed by atoms with Crippen LogP contribution in [0.3, 0.4) is 0 Å². The molecule has 0 atom stereocenters. The van der Waals surface area contributed by atoms with Gasteiger partial charge in [0.1, 0.15) is 5.82 Å². The van der Waals surface area contributed by atoms with E-state index in [1.165, 1.54) is 6.07 Å². The van der Waals surface area contributed by atoms with E-state index in [4.69, 9.17) is 5.73 Å². The molecule has 0 aliphatic carbocycles. The highest BCUT2D eigenvalue weighted by atomic mass is 19.1. The summed E-state index contributed by atoms with van der Waals surface area (Å²) in [5, 5.41) is 0. The number of nitrogens with zero attached hydrogens (tertiary/aromatic N) is 2. The molecule has 2 aromatic rings. The molecule has 0 radical (unpaired) electrons. The molecule has 0 aliphatic rings. The minimum absolute atomic E-state index is 0.226. The van der Waals surface area contributed by atoms with Crippen LogP contribution in [0.25, 0.3) is 0 Å². The monoisotopic (exact) mass is 259 g/mol. The Morgan fingerprint density at radius 1 is 1.26 bits per heavy atom. The summed E-state index contributed by atoms with van der Waals surface area (Å²) in [5.41, 5.74) is 7.88. The second kappa shape index (κ2) is 6.29. The smallest absolute Gasteiger partial charge is 0.129 e. The minimum Gasteiger partial charge on any atom is -0.374 e. The average Bonchev–Trinajstić information content (AvgIpc) is 2.45. The summed E-state index contributed by atoms with van der Waals surface area (Å²) < 4.78 is 13.7. The van der Waals surface area contributed by atoms with Gasteiger partial charge in [-0.3, -0.25) is 4.98 Å². The number of aromatic nitrogens is 1. The Labute approximate surface area is 112 Å². The van der Waals surface area contributed by atoms with Crippen molar-refractivity contribution in [3.05, 3.63) is 59.7 Å². The zero-order chi connectivity index (χ0) is 13.7. The van der Waals surface area contributed by atoms with Gasteiger partial charge in [0.15, 0.2) is 0 Å². The normalized spacial score (nSPS) is 10.5. The van der Waals surface area contributed by atoms with Crippen LogP contribution in [-0.2, 0) is 13.0 Å². The third kappa shape index (κ3) is 3.51. The molecule has 0 unspecified atom stereocenters. The van der Waals surface area contributed by atoms with Gasteiger partial charge < -0.3 is 10.6 Å². The molecule has 0 saturated carbocycles. The summed E-state index contributed by atoms with van der Waals surface area (Å²) in [6.45, 7) is 1.02. The van der Waals surface area contributed by atoms with Gasteiger partial charge in [-0.2, -0.15) is 0 Å². The highest BCUT2D eigenvalue weighted by molar-refractivity contribution is 5.47. The molecule has 1 aromatic carbocycles.